The van der Waals surface area contributed by atoms with Gasteiger partial charge in [0.25, 0.3) is 17.7 Å². The molecule has 1 aliphatic carbocycles. The first-order valence-electron chi connectivity index (χ1n) is 10.0. The van der Waals surface area contributed by atoms with Crippen molar-refractivity contribution in [1.82, 2.24) is 9.80 Å². The highest BCUT2D eigenvalue weighted by Gasteiger charge is 2.41. The molecule has 28 heavy (non-hydrogen) atoms. The number of amides is 3. The largest absolute Gasteiger partial charge is 0.481 e. The summed E-state index contributed by atoms with van der Waals surface area (Å²) in [5.41, 5.74) is 0.980. The molecule has 1 atom stereocenters. The van der Waals surface area contributed by atoms with Crippen molar-refractivity contribution in [3.63, 3.8) is 0 Å². The number of carbonyl (C=O) groups excluding carboxylic acids is 3. The molecule has 0 spiro atoms. The summed E-state index contributed by atoms with van der Waals surface area (Å²) in [4.78, 5) is 52.6. The van der Waals surface area contributed by atoms with Gasteiger partial charge in [0.1, 0.15) is 0 Å². The van der Waals surface area contributed by atoms with Crippen molar-refractivity contribution in [3.8, 4) is 0 Å². The predicted octanol–water partition coefficient (Wildman–Crippen LogP) is 2.69. The second-order valence-corrected chi connectivity index (χ2v) is 7.92. The van der Waals surface area contributed by atoms with Crippen LogP contribution in [0.15, 0.2) is 18.2 Å². The molecule has 4 rings (SSSR count). The van der Waals surface area contributed by atoms with Crippen LogP contribution in [0, 0.1) is 0 Å². The van der Waals surface area contributed by atoms with Gasteiger partial charge in [-0.05, 0) is 43.9 Å². The number of nitrogens with zero attached hydrogens (tertiary/aromatic N) is 2. The first-order valence-corrected chi connectivity index (χ1v) is 10.0. The Hall–Kier alpha value is -2.70. The monoisotopic (exact) mass is 384 g/mol. The summed E-state index contributed by atoms with van der Waals surface area (Å²) in [7, 11) is 0. The van der Waals surface area contributed by atoms with E-state index < -0.39 is 5.97 Å². The fourth-order valence-corrected chi connectivity index (χ4v) is 4.75. The third kappa shape index (κ3) is 3.19. The lowest BCUT2D eigenvalue weighted by Crippen LogP contribution is -2.40. The number of hydrogen-bond donors (Lipinski definition) is 1. The summed E-state index contributed by atoms with van der Waals surface area (Å²) in [5.74, 6) is -1.79. The number of aliphatic carboxylic acids is 1. The summed E-state index contributed by atoms with van der Waals surface area (Å²) < 4.78 is 0. The minimum atomic E-state index is -0.928. The van der Waals surface area contributed by atoms with E-state index in [9.17, 15) is 19.2 Å². The Morgan fingerprint density at radius 2 is 1.68 bits per heavy atom. The van der Waals surface area contributed by atoms with Gasteiger partial charge in [0.2, 0.25) is 0 Å². The fraction of sp³-hybridized carbons (Fsp3) is 0.524. The quantitative estimate of drug-likeness (QED) is 0.806. The highest BCUT2D eigenvalue weighted by Crippen LogP contribution is 2.32. The van der Waals surface area contributed by atoms with Crippen LogP contribution in [0.5, 0.6) is 0 Å². The zero-order chi connectivity index (χ0) is 19.8. The van der Waals surface area contributed by atoms with Crippen molar-refractivity contribution in [2.75, 3.05) is 6.54 Å². The normalized spacial score (nSPS) is 22.6. The van der Waals surface area contributed by atoms with Crippen LogP contribution in [0.1, 0.15) is 82.4 Å². The molecule has 1 aromatic carbocycles. The Labute approximate surface area is 163 Å². The average Bonchev–Trinajstić information content (AvgIpc) is 3.24. The van der Waals surface area contributed by atoms with Crippen LogP contribution in [0.3, 0.4) is 0 Å². The number of rotatable bonds is 4. The number of likely N-dealkylation sites (tertiary alicyclic amines) is 1. The summed E-state index contributed by atoms with van der Waals surface area (Å²) in [6, 6.07) is 4.27. The standard InChI is InChI=1S/C21H24N2O5/c24-18(25)12-15-7-4-10-22(15)19(26)13-8-9-16-17(11-13)21(28)23(20(16)27)14-5-2-1-3-6-14/h8-9,11,14-15H,1-7,10,12H2,(H,24,25). The second kappa shape index (κ2) is 7.37. The number of carbonyl (C=O) groups is 4. The van der Waals surface area contributed by atoms with Crippen LogP contribution in [-0.2, 0) is 4.79 Å². The van der Waals surface area contributed by atoms with Crippen LogP contribution < -0.4 is 0 Å². The summed E-state index contributed by atoms with van der Waals surface area (Å²) in [6.45, 7) is 0.509. The number of imide groups is 1. The van der Waals surface area contributed by atoms with Crippen molar-refractivity contribution in [2.45, 2.75) is 63.5 Å². The van der Waals surface area contributed by atoms with E-state index in [-0.39, 0.29) is 41.8 Å². The maximum absolute atomic E-state index is 12.9. The Morgan fingerprint density at radius 3 is 2.39 bits per heavy atom. The molecule has 3 amide bonds. The van der Waals surface area contributed by atoms with Gasteiger partial charge in [-0.3, -0.25) is 24.1 Å². The maximum atomic E-state index is 12.9. The van der Waals surface area contributed by atoms with Crippen molar-refractivity contribution in [1.29, 1.82) is 0 Å². The minimum absolute atomic E-state index is 0.0566. The molecule has 2 fully saturated rings. The predicted molar refractivity (Wildman–Crippen MR) is 100 cm³/mol. The number of hydrogen-bond acceptors (Lipinski definition) is 4. The number of benzene rings is 1. The zero-order valence-corrected chi connectivity index (χ0v) is 15.7. The smallest absolute Gasteiger partial charge is 0.305 e. The van der Waals surface area contributed by atoms with E-state index >= 15 is 0 Å². The van der Waals surface area contributed by atoms with Gasteiger partial charge in [-0.25, -0.2) is 0 Å². The molecule has 2 heterocycles. The molecule has 0 bridgehead atoms. The van der Waals surface area contributed by atoms with Crippen molar-refractivity contribution < 1.29 is 24.3 Å². The van der Waals surface area contributed by atoms with E-state index in [1.54, 1.807) is 17.0 Å². The van der Waals surface area contributed by atoms with Crippen LogP contribution in [-0.4, -0.2) is 57.2 Å². The molecule has 3 aliphatic rings. The Morgan fingerprint density at radius 1 is 0.964 bits per heavy atom. The van der Waals surface area contributed by atoms with E-state index in [1.807, 2.05) is 0 Å². The highest BCUT2D eigenvalue weighted by molar-refractivity contribution is 6.22. The SMILES string of the molecule is O=C(O)CC1CCCN1C(=O)c1ccc2c(c1)C(=O)N(C1CCCCC1)C2=O. The van der Waals surface area contributed by atoms with Crippen molar-refractivity contribution >= 4 is 23.7 Å². The molecule has 148 valence electrons. The fourth-order valence-electron chi connectivity index (χ4n) is 4.75. The first kappa shape index (κ1) is 18.7. The molecule has 2 aliphatic heterocycles. The van der Waals surface area contributed by atoms with Gasteiger partial charge in [-0.15, -0.1) is 0 Å². The number of carboxylic acids is 1. The lowest BCUT2D eigenvalue weighted by Gasteiger charge is -2.29. The van der Waals surface area contributed by atoms with E-state index in [4.69, 9.17) is 5.11 Å². The molecule has 1 unspecified atom stereocenters. The summed E-state index contributed by atoms with van der Waals surface area (Å²) in [5, 5.41) is 9.06. The molecule has 7 heteroatoms. The first-order chi connectivity index (χ1) is 13.5. The van der Waals surface area contributed by atoms with Gasteiger partial charge >= 0.3 is 5.97 Å². The molecule has 7 nitrogen and oxygen atoms in total. The molecular weight excluding hydrogens is 360 g/mol. The third-order valence-corrected chi connectivity index (χ3v) is 6.15. The maximum Gasteiger partial charge on any atom is 0.305 e. The van der Waals surface area contributed by atoms with Gasteiger partial charge in [0.15, 0.2) is 0 Å². The molecule has 1 aromatic rings. The number of fused-ring (bicyclic) bond motifs is 1. The van der Waals surface area contributed by atoms with E-state index in [1.165, 1.54) is 11.0 Å². The molecule has 1 saturated carbocycles. The topological polar surface area (TPSA) is 95.0 Å². The van der Waals surface area contributed by atoms with Gasteiger partial charge in [-0.2, -0.15) is 0 Å². The summed E-state index contributed by atoms with van der Waals surface area (Å²) in [6.07, 6.45) is 6.18. The van der Waals surface area contributed by atoms with Gasteiger partial charge < -0.3 is 10.0 Å². The zero-order valence-electron chi connectivity index (χ0n) is 15.7. The number of carboxylic acid groups (broad SMARTS) is 1. The van der Waals surface area contributed by atoms with Crippen LogP contribution in [0.2, 0.25) is 0 Å². The molecule has 0 aromatic heterocycles. The second-order valence-electron chi connectivity index (χ2n) is 7.92. The van der Waals surface area contributed by atoms with Gasteiger partial charge in [-0.1, -0.05) is 19.3 Å². The van der Waals surface area contributed by atoms with Crippen molar-refractivity contribution in [2.24, 2.45) is 0 Å². The van der Waals surface area contributed by atoms with Gasteiger partial charge in [0, 0.05) is 24.2 Å². The molecule has 1 N–H and O–H groups in total. The van der Waals surface area contributed by atoms with Crippen LogP contribution in [0.25, 0.3) is 0 Å². The Balaban J connectivity index is 1.58. The van der Waals surface area contributed by atoms with Crippen LogP contribution in [0.4, 0.5) is 0 Å². The Bertz CT molecular complexity index is 843. The highest BCUT2D eigenvalue weighted by atomic mass is 16.4. The third-order valence-electron chi connectivity index (χ3n) is 6.15. The van der Waals surface area contributed by atoms with Crippen molar-refractivity contribution in [3.05, 3.63) is 34.9 Å². The van der Waals surface area contributed by atoms with E-state index in [0.29, 0.717) is 24.1 Å². The lowest BCUT2D eigenvalue weighted by atomic mass is 9.94. The minimum Gasteiger partial charge on any atom is -0.481 e. The van der Waals surface area contributed by atoms with E-state index in [0.717, 1.165) is 38.5 Å². The molecular formula is C21H24N2O5. The van der Waals surface area contributed by atoms with E-state index in [2.05, 4.69) is 0 Å². The molecule has 1 saturated heterocycles. The Kier molecular flexibility index (Phi) is 4.91. The lowest BCUT2D eigenvalue weighted by molar-refractivity contribution is -0.137. The van der Waals surface area contributed by atoms with Crippen LogP contribution >= 0.6 is 0 Å². The molecule has 0 radical (unpaired) electrons. The summed E-state index contributed by atoms with van der Waals surface area (Å²) >= 11 is 0. The average molecular weight is 384 g/mol. The van der Waals surface area contributed by atoms with Gasteiger partial charge in [0.05, 0.1) is 17.5 Å².